The molecule has 7 heteroatoms. The number of nitrogens with one attached hydrogen (secondary N) is 1. The summed E-state index contributed by atoms with van der Waals surface area (Å²) in [5, 5.41) is 0.331. The van der Waals surface area contributed by atoms with Crippen LogP contribution in [0.4, 0.5) is 0 Å². The third-order valence-corrected chi connectivity index (χ3v) is 5.35. The molecule has 1 aromatic carbocycles. The van der Waals surface area contributed by atoms with E-state index in [1.807, 2.05) is 38.1 Å². The lowest BCUT2D eigenvalue weighted by Gasteiger charge is -2.25. The van der Waals surface area contributed by atoms with Gasteiger partial charge in [0.2, 0.25) is 0 Å². The summed E-state index contributed by atoms with van der Waals surface area (Å²) in [5.74, 6) is 0.659. The van der Waals surface area contributed by atoms with Crippen molar-refractivity contribution >= 4 is 16.8 Å². The van der Waals surface area contributed by atoms with Crippen molar-refractivity contribution in [3.63, 3.8) is 0 Å². The number of carbonyl (C=O) groups is 1. The summed E-state index contributed by atoms with van der Waals surface area (Å²) >= 11 is 0. The van der Waals surface area contributed by atoms with E-state index < -0.39 is 11.2 Å². The van der Waals surface area contributed by atoms with E-state index in [1.165, 1.54) is 10.8 Å². The molecular weight excluding hydrogens is 358 g/mol. The molecule has 1 aliphatic carbocycles. The van der Waals surface area contributed by atoms with E-state index in [2.05, 4.69) is 9.97 Å². The first kappa shape index (κ1) is 18.2. The normalized spacial score (nSPS) is 16.4. The number of H-pyrrole nitrogens is 1. The fourth-order valence-corrected chi connectivity index (χ4v) is 3.97. The Morgan fingerprint density at radius 3 is 2.50 bits per heavy atom. The SMILES string of the molecule is COc1ccc([C@@H]2CC(=O)c3cnc4c(c3C2)c(=O)[nH]c(=O)n4C(C)C)cc1. The fraction of sp³-hybridized carbons (Fsp3) is 0.333. The third-order valence-electron chi connectivity index (χ3n) is 5.35. The highest BCUT2D eigenvalue weighted by molar-refractivity contribution is 6.02. The van der Waals surface area contributed by atoms with Gasteiger partial charge in [-0.15, -0.1) is 0 Å². The Morgan fingerprint density at radius 1 is 1.14 bits per heavy atom. The lowest BCUT2D eigenvalue weighted by atomic mass is 9.79. The number of nitrogens with zero attached hydrogens (tertiary/aromatic N) is 2. The van der Waals surface area contributed by atoms with E-state index in [9.17, 15) is 14.4 Å². The summed E-state index contributed by atoms with van der Waals surface area (Å²) in [5.41, 5.74) is 1.48. The van der Waals surface area contributed by atoms with E-state index in [0.29, 0.717) is 35.0 Å². The molecule has 0 radical (unpaired) electrons. The zero-order valence-corrected chi connectivity index (χ0v) is 16.0. The molecule has 2 aromatic heterocycles. The van der Waals surface area contributed by atoms with Crippen molar-refractivity contribution in [2.45, 2.75) is 38.6 Å². The molecule has 0 spiro atoms. The standard InChI is InChI=1S/C21H21N3O4/c1-11(2)24-19-18(20(26)23-21(24)27)15-8-13(9-17(25)16(15)10-22-19)12-4-6-14(28-3)7-5-12/h4-7,10-11,13H,8-9H2,1-3H3,(H,23,26,27)/t13-/m0/s1. The number of aromatic nitrogens is 3. The number of pyridine rings is 1. The highest BCUT2D eigenvalue weighted by atomic mass is 16.5. The van der Waals surface area contributed by atoms with Gasteiger partial charge in [-0.3, -0.25) is 19.1 Å². The summed E-state index contributed by atoms with van der Waals surface area (Å²) in [6.07, 6.45) is 2.39. The highest BCUT2D eigenvalue weighted by Crippen LogP contribution is 2.35. The maximum atomic E-state index is 12.8. The molecule has 28 heavy (non-hydrogen) atoms. The van der Waals surface area contributed by atoms with E-state index >= 15 is 0 Å². The lowest BCUT2D eigenvalue weighted by Crippen LogP contribution is -2.33. The molecule has 0 aliphatic heterocycles. The van der Waals surface area contributed by atoms with Crippen LogP contribution in [0.2, 0.25) is 0 Å². The maximum absolute atomic E-state index is 12.8. The van der Waals surface area contributed by atoms with E-state index in [0.717, 1.165) is 11.3 Å². The van der Waals surface area contributed by atoms with Gasteiger partial charge in [-0.2, -0.15) is 0 Å². The second-order valence-electron chi connectivity index (χ2n) is 7.37. The molecule has 3 aromatic rings. The molecule has 144 valence electrons. The summed E-state index contributed by atoms with van der Waals surface area (Å²) < 4.78 is 6.66. The molecule has 1 N–H and O–H groups in total. The smallest absolute Gasteiger partial charge is 0.330 e. The maximum Gasteiger partial charge on any atom is 0.330 e. The van der Waals surface area contributed by atoms with Gasteiger partial charge >= 0.3 is 5.69 Å². The van der Waals surface area contributed by atoms with Gasteiger partial charge in [-0.1, -0.05) is 12.1 Å². The number of fused-ring (bicyclic) bond motifs is 3. The Kier molecular flexibility index (Phi) is 4.37. The quantitative estimate of drug-likeness (QED) is 0.755. The minimum atomic E-state index is -0.496. The van der Waals surface area contributed by atoms with Gasteiger partial charge in [0.15, 0.2) is 5.78 Å². The van der Waals surface area contributed by atoms with Gasteiger partial charge in [0, 0.05) is 24.2 Å². The molecule has 0 unspecified atom stereocenters. The molecule has 0 saturated heterocycles. The van der Waals surface area contributed by atoms with Crippen LogP contribution < -0.4 is 16.0 Å². The minimum absolute atomic E-state index is 0.0434. The Hall–Kier alpha value is -3.22. The first-order chi connectivity index (χ1) is 13.4. The van der Waals surface area contributed by atoms with Gasteiger partial charge in [0.25, 0.3) is 5.56 Å². The number of ketones is 1. The summed E-state index contributed by atoms with van der Waals surface area (Å²) in [4.78, 5) is 44.4. The van der Waals surface area contributed by atoms with E-state index in [-0.39, 0.29) is 17.7 Å². The van der Waals surface area contributed by atoms with Gasteiger partial charge < -0.3 is 4.74 Å². The summed E-state index contributed by atoms with van der Waals surface area (Å²) in [7, 11) is 1.61. The van der Waals surface area contributed by atoms with E-state index in [1.54, 1.807) is 7.11 Å². The Labute approximate surface area is 161 Å². The van der Waals surface area contributed by atoms with Crippen molar-refractivity contribution in [3.05, 3.63) is 68.0 Å². The van der Waals surface area contributed by atoms with Crippen LogP contribution in [-0.2, 0) is 6.42 Å². The predicted octanol–water partition coefficient (Wildman–Crippen LogP) is 2.59. The van der Waals surface area contributed by atoms with Crippen LogP contribution in [-0.4, -0.2) is 27.4 Å². The molecule has 0 amide bonds. The Balaban J connectivity index is 1.91. The second kappa shape index (κ2) is 6.74. The topological polar surface area (TPSA) is 94.1 Å². The fourth-order valence-electron chi connectivity index (χ4n) is 3.97. The monoisotopic (exact) mass is 379 g/mol. The molecule has 2 heterocycles. The molecule has 0 saturated carbocycles. The Morgan fingerprint density at radius 2 is 1.86 bits per heavy atom. The molecule has 1 aliphatic rings. The zero-order chi connectivity index (χ0) is 20.0. The number of methoxy groups -OCH3 is 1. The van der Waals surface area contributed by atoms with Crippen LogP contribution in [0.3, 0.4) is 0 Å². The van der Waals surface area contributed by atoms with Crippen molar-refractivity contribution < 1.29 is 9.53 Å². The van der Waals surface area contributed by atoms with Crippen molar-refractivity contribution in [1.29, 1.82) is 0 Å². The number of carbonyl (C=O) groups excluding carboxylic acids is 1. The van der Waals surface area contributed by atoms with Crippen LogP contribution in [0, 0.1) is 0 Å². The average Bonchev–Trinajstić information content (AvgIpc) is 2.67. The van der Waals surface area contributed by atoms with Crippen molar-refractivity contribution in [1.82, 2.24) is 14.5 Å². The zero-order valence-electron chi connectivity index (χ0n) is 16.0. The van der Waals surface area contributed by atoms with Crippen LogP contribution in [0.15, 0.2) is 40.1 Å². The van der Waals surface area contributed by atoms with Crippen LogP contribution >= 0.6 is 0 Å². The molecule has 1 atom stereocenters. The van der Waals surface area contributed by atoms with Crippen molar-refractivity contribution in [3.8, 4) is 5.75 Å². The number of hydrogen-bond donors (Lipinski definition) is 1. The van der Waals surface area contributed by atoms with Gasteiger partial charge in [0.05, 0.1) is 12.5 Å². The Bertz CT molecular complexity index is 1190. The van der Waals surface area contributed by atoms with Crippen LogP contribution in [0.1, 0.15) is 53.7 Å². The minimum Gasteiger partial charge on any atom is -0.497 e. The molecule has 4 rings (SSSR count). The largest absolute Gasteiger partial charge is 0.497 e. The number of ether oxygens (including phenoxy) is 1. The number of Topliss-reactive ketones (excluding diaryl/α,β-unsaturated/α-hetero) is 1. The van der Waals surface area contributed by atoms with Gasteiger partial charge in [-0.05, 0) is 49.4 Å². The number of rotatable bonds is 3. The van der Waals surface area contributed by atoms with Gasteiger partial charge in [-0.25, -0.2) is 9.78 Å². The lowest BCUT2D eigenvalue weighted by molar-refractivity contribution is 0.0964. The van der Waals surface area contributed by atoms with Crippen LogP contribution in [0.25, 0.3) is 11.0 Å². The molecule has 7 nitrogen and oxygen atoms in total. The molecule has 0 fully saturated rings. The summed E-state index contributed by atoms with van der Waals surface area (Å²) in [6, 6.07) is 7.44. The van der Waals surface area contributed by atoms with Gasteiger partial charge in [0.1, 0.15) is 11.4 Å². The first-order valence-electron chi connectivity index (χ1n) is 9.24. The number of hydrogen-bond acceptors (Lipinski definition) is 5. The number of aromatic amines is 1. The third kappa shape index (κ3) is 2.83. The van der Waals surface area contributed by atoms with Crippen molar-refractivity contribution in [2.24, 2.45) is 0 Å². The average molecular weight is 379 g/mol. The predicted molar refractivity (Wildman–Crippen MR) is 105 cm³/mol. The van der Waals surface area contributed by atoms with Crippen molar-refractivity contribution in [2.75, 3.05) is 7.11 Å². The highest BCUT2D eigenvalue weighted by Gasteiger charge is 2.30. The van der Waals surface area contributed by atoms with Crippen LogP contribution in [0.5, 0.6) is 5.75 Å². The summed E-state index contributed by atoms with van der Waals surface area (Å²) in [6.45, 7) is 3.71. The first-order valence-corrected chi connectivity index (χ1v) is 9.24. The van der Waals surface area contributed by atoms with E-state index in [4.69, 9.17) is 4.74 Å². The second-order valence-corrected chi connectivity index (χ2v) is 7.37. The number of benzene rings is 1. The molecular formula is C21H21N3O4. The molecule has 0 bridgehead atoms.